The predicted molar refractivity (Wildman–Crippen MR) is 135 cm³/mol. The van der Waals surface area contributed by atoms with Crippen molar-refractivity contribution < 1.29 is 14.3 Å². The van der Waals surface area contributed by atoms with Crippen LogP contribution in [0.25, 0.3) is 6.08 Å². The summed E-state index contributed by atoms with van der Waals surface area (Å²) in [5.41, 5.74) is 5.66. The van der Waals surface area contributed by atoms with Crippen molar-refractivity contribution in [2.24, 2.45) is 5.92 Å². The van der Waals surface area contributed by atoms with E-state index >= 15 is 0 Å². The first kappa shape index (κ1) is 23.8. The average molecular weight is 475 g/mol. The normalized spacial score (nSPS) is 19.4. The molecule has 1 aliphatic carbocycles. The maximum Gasteiger partial charge on any atom is 0.181 e. The Morgan fingerprint density at radius 2 is 1.89 bits per heavy atom. The quantitative estimate of drug-likeness (QED) is 0.566. The number of carbonyl (C=O) groups is 2. The monoisotopic (exact) mass is 474 g/mol. The summed E-state index contributed by atoms with van der Waals surface area (Å²) in [5, 5.41) is 0. The molecule has 2 aromatic heterocycles. The van der Waals surface area contributed by atoms with E-state index in [2.05, 4.69) is 25.8 Å². The standard InChI is InChI=1S/C28H34N4O3/c1-2-22-15-26-23(16-27(22)33)13-21(17-29-26)19-31-7-9-32(10-8-31)24-3-4-25(30-18-24)28(34)14-20-5-11-35-12-6-20/h3-4,13,15,17-18,20H,2,5-12,14,16,19H2,1H3. The van der Waals surface area contributed by atoms with Gasteiger partial charge in [0.05, 0.1) is 17.6 Å². The van der Waals surface area contributed by atoms with Gasteiger partial charge in [-0.25, -0.2) is 0 Å². The molecule has 0 N–H and O–H groups in total. The molecule has 0 amide bonds. The van der Waals surface area contributed by atoms with Crippen LogP contribution in [0.5, 0.6) is 0 Å². The van der Waals surface area contributed by atoms with Crippen molar-refractivity contribution in [3.63, 3.8) is 0 Å². The van der Waals surface area contributed by atoms with Gasteiger partial charge < -0.3 is 9.64 Å². The molecule has 0 spiro atoms. The molecular formula is C28H34N4O3. The lowest BCUT2D eigenvalue weighted by Crippen LogP contribution is -2.46. The van der Waals surface area contributed by atoms with Gasteiger partial charge in [0.2, 0.25) is 0 Å². The average Bonchev–Trinajstić information content (AvgIpc) is 2.89. The number of anilines is 1. The zero-order valence-corrected chi connectivity index (χ0v) is 20.5. The second-order valence-electron chi connectivity index (χ2n) is 9.86. The third-order valence-electron chi connectivity index (χ3n) is 7.45. The predicted octanol–water partition coefficient (Wildman–Crippen LogP) is 3.72. The van der Waals surface area contributed by atoms with Gasteiger partial charge in [-0.05, 0) is 60.1 Å². The summed E-state index contributed by atoms with van der Waals surface area (Å²) in [6, 6.07) is 6.06. The summed E-state index contributed by atoms with van der Waals surface area (Å²) in [4.78, 5) is 38.8. The first-order chi connectivity index (χ1) is 17.1. The van der Waals surface area contributed by atoms with Crippen molar-refractivity contribution >= 4 is 23.3 Å². The SMILES string of the molecule is CCC1=Cc2ncc(CN3CCN(c4ccc(C(=O)CC5CCOCC5)nc4)CC3)cc2CC1=O. The largest absolute Gasteiger partial charge is 0.381 e. The lowest BCUT2D eigenvalue weighted by molar-refractivity contribution is -0.115. The Bertz CT molecular complexity index is 1100. The topological polar surface area (TPSA) is 75.6 Å². The highest BCUT2D eigenvalue weighted by Crippen LogP contribution is 2.24. The molecule has 4 heterocycles. The van der Waals surface area contributed by atoms with E-state index in [1.165, 1.54) is 0 Å². The zero-order valence-electron chi connectivity index (χ0n) is 20.5. The number of hydrogen-bond acceptors (Lipinski definition) is 7. The summed E-state index contributed by atoms with van der Waals surface area (Å²) in [5.74, 6) is 0.773. The number of piperazine rings is 1. The number of pyridine rings is 2. The van der Waals surface area contributed by atoms with Crippen LogP contribution in [0, 0.1) is 5.92 Å². The van der Waals surface area contributed by atoms with Crippen molar-refractivity contribution in [1.29, 1.82) is 0 Å². The molecule has 0 saturated carbocycles. The number of rotatable bonds is 7. The zero-order chi connectivity index (χ0) is 24.2. The summed E-state index contributed by atoms with van der Waals surface area (Å²) in [6.07, 6.45) is 9.45. The molecule has 0 bridgehead atoms. The van der Waals surface area contributed by atoms with E-state index in [1.54, 1.807) is 0 Å². The minimum atomic E-state index is 0.134. The molecule has 7 nitrogen and oxygen atoms in total. The molecule has 0 unspecified atom stereocenters. The van der Waals surface area contributed by atoms with Crippen LogP contribution in [0.3, 0.4) is 0 Å². The van der Waals surface area contributed by atoms with Gasteiger partial charge in [-0.3, -0.25) is 24.5 Å². The van der Waals surface area contributed by atoms with Crippen molar-refractivity contribution in [2.75, 3.05) is 44.3 Å². The van der Waals surface area contributed by atoms with Crippen LogP contribution in [0.1, 0.15) is 59.9 Å². The van der Waals surface area contributed by atoms with Gasteiger partial charge in [-0.1, -0.05) is 13.0 Å². The second kappa shape index (κ2) is 10.8. The summed E-state index contributed by atoms with van der Waals surface area (Å²) in [7, 11) is 0. The number of nitrogens with zero attached hydrogens (tertiary/aromatic N) is 4. The lowest BCUT2D eigenvalue weighted by Gasteiger charge is -2.36. The van der Waals surface area contributed by atoms with Crippen LogP contribution >= 0.6 is 0 Å². The fraction of sp³-hybridized carbons (Fsp3) is 0.500. The Hall–Kier alpha value is -2.90. The number of fused-ring (bicyclic) bond motifs is 1. The Morgan fingerprint density at radius 1 is 1.09 bits per heavy atom. The van der Waals surface area contributed by atoms with Crippen LogP contribution in [0.4, 0.5) is 5.69 Å². The van der Waals surface area contributed by atoms with E-state index in [1.807, 2.05) is 37.5 Å². The van der Waals surface area contributed by atoms with Crippen molar-refractivity contribution in [2.45, 2.75) is 45.6 Å². The van der Waals surface area contributed by atoms with E-state index in [-0.39, 0.29) is 11.6 Å². The van der Waals surface area contributed by atoms with Gasteiger partial charge >= 0.3 is 0 Å². The smallest absolute Gasteiger partial charge is 0.181 e. The number of ketones is 2. The van der Waals surface area contributed by atoms with Gasteiger partial charge in [-0.2, -0.15) is 0 Å². The highest BCUT2D eigenvalue weighted by atomic mass is 16.5. The minimum absolute atomic E-state index is 0.134. The molecule has 2 aromatic rings. The minimum Gasteiger partial charge on any atom is -0.381 e. The molecule has 0 atom stereocenters. The fourth-order valence-electron chi connectivity index (χ4n) is 5.24. The first-order valence-corrected chi connectivity index (χ1v) is 12.8. The van der Waals surface area contributed by atoms with E-state index in [4.69, 9.17) is 4.74 Å². The summed E-state index contributed by atoms with van der Waals surface area (Å²) < 4.78 is 5.39. The Labute approximate surface area is 207 Å². The molecule has 0 aromatic carbocycles. The first-order valence-electron chi connectivity index (χ1n) is 12.8. The highest BCUT2D eigenvalue weighted by molar-refractivity contribution is 6.03. The van der Waals surface area contributed by atoms with E-state index in [0.717, 1.165) is 93.3 Å². The Balaban J connectivity index is 1.13. The van der Waals surface area contributed by atoms with E-state index in [0.29, 0.717) is 24.5 Å². The maximum atomic E-state index is 12.6. The van der Waals surface area contributed by atoms with Crippen molar-refractivity contribution in [3.05, 3.63) is 58.7 Å². The van der Waals surface area contributed by atoms with Crippen LogP contribution in [-0.4, -0.2) is 65.8 Å². The number of ether oxygens (including phenoxy) is 1. The van der Waals surface area contributed by atoms with Gasteiger partial charge in [0.1, 0.15) is 5.69 Å². The fourth-order valence-corrected chi connectivity index (χ4v) is 5.24. The van der Waals surface area contributed by atoms with Crippen LogP contribution in [-0.2, 0) is 22.5 Å². The highest BCUT2D eigenvalue weighted by Gasteiger charge is 2.22. The molecular weight excluding hydrogens is 440 g/mol. The van der Waals surface area contributed by atoms with E-state index in [9.17, 15) is 9.59 Å². The van der Waals surface area contributed by atoms with Gasteiger partial charge in [-0.15, -0.1) is 0 Å². The molecule has 2 aliphatic heterocycles. The Morgan fingerprint density at radius 3 is 2.60 bits per heavy atom. The van der Waals surface area contributed by atoms with Crippen LogP contribution in [0.15, 0.2) is 36.2 Å². The Kier molecular flexibility index (Phi) is 7.35. The van der Waals surface area contributed by atoms with Crippen molar-refractivity contribution in [3.8, 4) is 0 Å². The summed E-state index contributed by atoms with van der Waals surface area (Å²) in [6.45, 7) is 8.09. The molecule has 2 saturated heterocycles. The van der Waals surface area contributed by atoms with Crippen LogP contribution in [0.2, 0.25) is 0 Å². The third kappa shape index (κ3) is 5.68. The van der Waals surface area contributed by atoms with Crippen molar-refractivity contribution in [1.82, 2.24) is 14.9 Å². The molecule has 5 rings (SSSR count). The molecule has 3 aliphatic rings. The third-order valence-corrected chi connectivity index (χ3v) is 7.45. The molecule has 7 heteroatoms. The lowest BCUT2D eigenvalue weighted by atomic mass is 9.92. The number of hydrogen-bond donors (Lipinski definition) is 0. The van der Waals surface area contributed by atoms with E-state index < -0.39 is 0 Å². The van der Waals surface area contributed by atoms with Crippen LogP contribution < -0.4 is 4.90 Å². The number of aromatic nitrogens is 2. The van der Waals surface area contributed by atoms with Gasteiger partial charge in [0.15, 0.2) is 11.6 Å². The maximum absolute atomic E-state index is 12.6. The molecule has 0 radical (unpaired) electrons. The van der Waals surface area contributed by atoms with Gasteiger partial charge in [0.25, 0.3) is 0 Å². The molecule has 184 valence electrons. The second-order valence-corrected chi connectivity index (χ2v) is 9.86. The summed E-state index contributed by atoms with van der Waals surface area (Å²) >= 11 is 0. The molecule has 2 fully saturated rings. The molecule has 35 heavy (non-hydrogen) atoms. The number of carbonyl (C=O) groups excluding carboxylic acids is 2. The van der Waals surface area contributed by atoms with Gasteiger partial charge in [0, 0.05) is 65.0 Å². The number of allylic oxidation sites excluding steroid dienone is 1. The number of Topliss-reactive ketones (excluding diaryl/α,β-unsaturated/α-hetero) is 2.